The Hall–Kier alpha value is -2.62. The van der Waals surface area contributed by atoms with Crippen LogP contribution in [0.25, 0.3) is 0 Å². The van der Waals surface area contributed by atoms with Gasteiger partial charge in [-0.05, 0) is 31.7 Å². The molecule has 0 unspecified atom stereocenters. The SMILES string of the molecule is N#Cc1cc([N+](=O)[O-])ccc1N1CCC(NC(=O)C2CC2)CC1. The number of nitro groups is 1. The smallest absolute Gasteiger partial charge is 0.270 e. The molecule has 0 bridgehead atoms. The summed E-state index contributed by atoms with van der Waals surface area (Å²) >= 11 is 0. The maximum absolute atomic E-state index is 11.8. The first-order valence-electron chi connectivity index (χ1n) is 7.82. The van der Waals surface area contributed by atoms with Gasteiger partial charge in [-0.15, -0.1) is 0 Å². The van der Waals surface area contributed by atoms with Crippen molar-refractivity contribution in [3.05, 3.63) is 33.9 Å². The fraction of sp³-hybridized carbons (Fsp3) is 0.500. The monoisotopic (exact) mass is 314 g/mol. The van der Waals surface area contributed by atoms with Crippen molar-refractivity contribution >= 4 is 17.3 Å². The van der Waals surface area contributed by atoms with E-state index in [1.807, 2.05) is 6.07 Å². The molecule has 1 amide bonds. The van der Waals surface area contributed by atoms with Gasteiger partial charge in [-0.3, -0.25) is 14.9 Å². The zero-order chi connectivity index (χ0) is 16.4. The van der Waals surface area contributed by atoms with Crippen molar-refractivity contribution in [3.63, 3.8) is 0 Å². The van der Waals surface area contributed by atoms with Gasteiger partial charge in [-0.1, -0.05) is 0 Å². The molecule has 3 rings (SSSR count). The fourth-order valence-corrected chi connectivity index (χ4v) is 2.93. The van der Waals surface area contributed by atoms with Crippen LogP contribution in [0.4, 0.5) is 11.4 Å². The average Bonchev–Trinajstić information content (AvgIpc) is 3.40. The Balaban J connectivity index is 1.64. The van der Waals surface area contributed by atoms with Crippen molar-refractivity contribution in [3.8, 4) is 6.07 Å². The van der Waals surface area contributed by atoms with Crippen LogP contribution >= 0.6 is 0 Å². The van der Waals surface area contributed by atoms with Gasteiger partial charge in [-0.25, -0.2) is 0 Å². The highest BCUT2D eigenvalue weighted by Gasteiger charge is 2.32. The summed E-state index contributed by atoms with van der Waals surface area (Å²) in [5.74, 6) is 0.379. The van der Waals surface area contributed by atoms with Crippen LogP contribution in [-0.4, -0.2) is 30.0 Å². The summed E-state index contributed by atoms with van der Waals surface area (Å²) in [5.41, 5.74) is 0.974. The molecular weight excluding hydrogens is 296 g/mol. The molecule has 0 atom stereocenters. The van der Waals surface area contributed by atoms with Gasteiger partial charge in [0.05, 0.1) is 16.2 Å². The van der Waals surface area contributed by atoms with Crippen molar-refractivity contribution < 1.29 is 9.72 Å². The van der Waals surface area contributed by atoms with Gasteiger partial charge in [0.25, 0.3) is 5.69 Å². The quantitative estimate of drug-likeness (QED) is 0.676. The Labute approximate surface area is 134 Å². The molecule has 1 N–H and O–H groups in total. The van der Waals surface area contributed by atoms with Gasteiger partial charge in [-0.2, -0.15) is 5.26 Å². The van der Waals surface area contributed by atoms with E-state index >= 15 is 0 Å². The molecule has 1 aromatic rings. The van der Waals surface area contributed by atoms with Crippen LogP contribution in [0, 0.1) is 27.4 Å². The van der Waals surface area contributed by atoms with E-state index < -0.39 is 4.92 Å². The molecule has 7 nitrogen and oxygen atoms in total. The van der Waals surface area contributed by atoms with Gasteiger partial charge in [0, 0.05) is 37.2 Å². The lowest BCUT2D eigenvalue weighted by Crippen LogP contribution is -2.45. The second-order valence-electron chi connectivity index (χ2n) is 6.11. The van der Waals surface area contributed by atoms with E-state index in [1.165, 1.54) is 12.1 Å². The molecule has 0 spiro atoms. The molecule has 23 heavy (non-hydrogen) atoms. The highest BCUT2D eigenvalue weighted by molar-refractivity contribution is 5.81. The summed E-state index contributed by atoms with van der Waals surface area (Å²) in [6.45, 7) is 1.45. The Kier molecular flexibility index (Phi) is 4.15. The molecule has 7 heteroatoms. The average molecular weight is 314 g/mol. The van der Waals surface area contributed by atoms with Crippen LogP contribution in [0.5, 0.6) is 0 Å². The summed E-state index contributed by atoms with van der Waals surface area (Å²) < 4.78 is 0. The number of piperidine rings is 1. The molecule has 120 valence electrons. The van der Waals surface area contributed by atoms with E-state index in [1.54, 1.807) is 6.07 Å². The van der Waals surface area contributed by atoms with Crippen LogP contribution in [0.15, 0.2) is 18.2 Å². The number of non-ortho nitro benzene ring substituents is 1. The number of nitrogens with zero attached hydrogens (tertiary/aromatic N) is 3. The zero-order valence-corrected chi connectivity index (χ0v) is 12.7. The first-order chi connectivity index (χ1) is 11.1. The second kappa shape index (κ2) is 6.24. The highest BCUT2D eigenvalue weighted by Crippen LogP contribution is 2.30. The number of anilines is 1. The fourth-order valence-electron chi connectivity index (χ4n) is 2.93. The van der Waals surface area contributed by atoms with Crippen LogP contribution < -0.4 is 10.2 Å². The topological polar surface area (TPSA) is 99.3 Å². The minimum Gasteiger partial charge on any atom is -0.370 e. The van der Waals surface area contributed by atoms with E-state index in [0.717, 1.165) is 44.5 Å². The minimum absolute atomic E-state index is 0.0723. The van der Waals surface area contributed by atoms with Crippen molar-refractivity contribution in [2.45, 2.75) is 31.7 Å². The number of hydrogen-bond donors (Lipinski definition) is 1. The largest absolute Gasteiger partial charge is 0.370 e. The number of nitro benzene ring substituents is 1. The van der Waals surface area contributed by atoms with E-state index in [-0.39, 0.29) is 23.6 Å². The molecule has 1 aromatic carbocycles. The van der Waals surface area contributed by atoms with Crippen LogP contribution in [0.3, 0.4) is 0 Å². The van der Waals surface area contributed by atoms with Gasteiger partial charge in [0.15, 0.2) is 0 Å². The Bertz CT molecular complexity index is 670. The molecule has 1 aliphatic carbocycles. The van der Waals surface area contributed by atoms with Gasteiger partial charge in [0.1, 0.15) is 6.07 Å². The summed E-state index contributed by atoms with van der Waals surface area (Å²) in [6.07, 6.45) is 3.64. The van der Waals surface area contributed by atoms with Gasteiger partial charge in [0.2, 0.25) is 5.91 Å². The maximum atomic E-state index is 11.8. The highest BCUT2D eigenvalue weighted by atomic mass is 16.6. The number of nitriles is 1. The molecule has 1 aliphatic heterocycles. The number of hydrogen-bond acceptors (Lipinski definition) is 5. The third-order valence-corrected chi connectivity index (χ3v) is 4.44. The number of benzene rings is 1. The first kappa shape index (κ1) is 15.3. The van der Waals surface area contributed by atoms with Crippen LogP contribution in [0.2, 0.25) is 0 Å². The number of nitrogens with one attached hydrogen (secondary N) is 1. The van der Waals surface area contributed by atoms with E-state index in [4.69, 9.17) is 0 Å². The lowest BCUT2D eigenvalue weighted by atomic mass is 10.0. The van der Waals surface area contributed by atoms with Crippen LogP contribution in [0.1, 0.15) is 31.2 Å². The second-order valence-corrected chi connectivity index (χ2v) is 6.11. The minimum atomic E-state index is -0.496. The summed E-state index contributed by atoms with van der Waals surface area (Å²) in [7, 11) is 0. The first-order valence-corrected chi connectivity index (χ1v) is 7.82. The van der Waals surface area contributed by atoms with Crippen molar-refractivity contribution in [2.75, 3.05) is 18.0 Å². The van der Waals surface area contributed by atoms with E-state index in [2.05, 4.69) is 10.2 Å². The summed E-state index contributed by atoms with van der Waals surface area (Å²) in [4.78, 5) is 24.2. The predicted molar refractivity (Wildman–Crippen MR) is 83.9 cm³/mol. The molecule has 0 radical (unpaired) electrons. The summed E-state index contributed by atoms with van der Waals surface area (Å²) in [5, 5.41) is 23.1. The molecule has 1 saturated heterocycles. The summed E-state index contributed by atoms with van der Waals surface area (Å²) in [6, 6.07) is 6.60. The number of carbonyl (C=O) groups excluding carboxylic acids is 1. The van der Waals surface area contributed by atoms with Crippen molar-refractivity contribution in [2.24, 2.45) is 5.92 Å². The van der Waals surface area contributed by atoms with Crippen molar-refractivity contribution in [1.29, 1.82) is 5.26 Å². The molecule has 1 heterocycles. The molecule has 2 aliphatic rings. The van der Waals surface area contributed by atoms with Crippen molar-refractivity contribution in [1.82, 2.24) is 5.32 Å². The maximum Gasteiger partial charge on any atom is 0.270 e. The molecule has 0 aromatic heterocycles. The number of carbonyl (C=O) groups is 1. The Morgan fingerprint density at radius 3 is 2.57 bits per heavy atom. The third kappa shape index (κ3) is 3.42. The lowest BCUT2D eigenvalue weighted by molar-refractivity contribution is -0.384. The lowest BCUT2D eigenvalue weighted by Gasteiger charge is -2.34. The van der Waals surface area contributed by atoms with Gasteiger partial charge >= 0.3 is 0 Å². The normalized spacial score (nSPS) is 18.3. The molecule has 2 fully saturated rings. The Morgan fingerprint density at radius 1 is 1.30 bits per heavy atom. The third-order valence-electron chi connectivity index (χ3n) is 4.44. The number of amides is 1. The number of rotatable bonds is 4. The zero-order valence-electron chi connectivity index (χ0n) is 12.7. The predicted octanol–water partition coefficient (Wildman–Crippen LogP) is 1.96. The van der Waals surface area contributed by atoms with Crippen LogP contribution in [-0.2, 0) is 4.79 Å². The molecular formula is C16H18N4O3. The van der Waals surface area contributed by atoms with E-state index in [9.17, 15) is 20.2 Å². The molecule has 1 saturated carbocycles. The van der Waals surface area contributed by atoms with Gasteiger partial charge < -0.3 is 10.2 Å². The van der Waals surface area contributed by atoms with E-state index in [0.29, 0.717) is 5.56 Å². The Morgan fingerprint density at radius 2 is 2.00 bits per heavy atom. The standard InChI is InChI=1S/C16H18N4O3/c17-10-12-9-14(20(22)23)3-4-15(12)19-7-5-13(6-8-19)18-16(21)11-1-2-11/h3-4,9,11,13H,1-2,5-8H2,(H,18,21).